The first kappa shape index (κ1) is 17.2. The Morgan fingerprint density at radius 2 is 2.20 bits per heavy atom. The Labute approximate surface area is 145 Å². The van der Waals surface area contributed by atoms with Crippen molar-refractivity contribution < 1.29 is 19.2 Å². The highest BCUT2D eigenvalue weighted by molar-refractivity contribution is 6.02. The van der Waals surface area contributed by atoms with Crippen LogP contribution >= 0.6 is 0 Å². The number of nitrogens with zero attached hydrogens (tertiary/aromatic N) is 3. The molecule has 0 aliphatic carbocycles. The lowest BCUT2D eigenvalue weighted by molar-refractivity contribution is -0.384. The molecule has 1 fully saturated rings. The third kappa shape index (κ3) is 3.42. The Balaban J connectivity index is 1.84. The van der Waals surface area contributed by atoms with Crippen LogP contribution in [0, 0.1) is 10.1 Å². The predicted molar refractivity (Wildman–Crippen MR) is 90.6 cm³/mol. The van der Waals surface area contributed by atoms with Crippen LogP contribution in [0.4, 0.5) is 11.4 Å². The first-order chi connectivity index (χ1) is 12.0. The van der Waals surface area contributed by atoms with Gasteiger partial charge in [0.05, 0.1) is 10.6 Å². The largest absolute Gasteiger partial charge is 0.482 e. The molecule has 1 aromatic carbocycles. The highest BCUT2D eigenvalue weighted by atomic mass is 16.6. The topological polar surface area (TPSA) is 93.0 Å². The summed E-state index contributed by atoms with van der Waals surface area (Å²) in [6.07, 6.45) is 3.92. The minimum Gasteiger partial charge on any atom is -0.482 e. The number of fused-ring (bicyclic) bond motifs is 1. The molecule has 1 saturated heterocycles. The van der Waals surface area contributed by atoms with Gasteiger partial charge in [-0.3, -0.25) is 24.6 Å². The maximum absolute atomic E-state index is 12.8. The number of ether oxygens (including phenoxy) is 1. The number of hydrogen-bond donors (Lipinski definition) is 0. The average Bonchev–Trinajstić information content (AvgIpc) is 2.63. The predicted octanol–water partition coefficient (Wildman–Crippen LogP) is 2.11. The fraction of sp³-hybridized carbons (Fsp3) is 0.529. The van der Waals surface area contributed by atoms with E-state index in [0.29, 0.717) is 12.3 Å². The lowest BCUT2D eigenvalue weighted by Crippen LogP contribution is -2.50. The summed E-state index contributed by atoms with van der Waals surface area (Å²) in [5.74, 6) is -0.116. The first-order valence-electron chi connectivity index (χ1n) is 8.52. The number of hydrogen-bond acceptors (Lipinski definition) is 5. The molecule has 2 aliphatic heterocycles. The molecule has 0 aromatic heterocycles. The van der Waals surface area contributed by atoms with Crippen molar-refractivity contribution >= 4 is 23.2 Å². The van der Waals surface area contributed by atoms with Gasteiger partial charge in [-0.15, -0.1) is 0 Å². The third-order valence-electron chi connectivity index (χ3n) is 4.81. The first-order valence-corrected chi connectivity index (χ1v) is 8.52. The lowest BCUT2D eigenvalue weighted by atomic mass is 10.00. The van der Waals surface area contributed by atoms with Gasteiger partial charge >= 0.3 is 0 Å². The summed E-state index contributed by atoms with van der Waals surface area (Å²) in [6.45, 7) is 2.45. The SMILES string of the molecule is CCC1CCCCN1C(=O)CN1C(=O)COc2ccc([N+](=O)[O-])cc21. The van der Waals surface area contributed by atoms with Crippen molar-refractivity contribution in [1.29, 1.82) is 0 Å². The Bertz CT molecular complexity index is 706. The number of carbonyl (C=O) groups excluding carboxylic acids is 2. The fourth-order valence-corrected chi connectivity index (χ4v) is 3.46. The molecule has 0 bridgehead atoms. The maximum Gasteiger partial charge on any atom is 0.271 e. The van der Waals surface area contributed by atoms with Crippen LogP contribution in [-0.4, -0.2) is 47.4 Å². The molecule has 1 aromatic rings. The fourth-order valence-electron chi connectivity index (χ4n) is 3.46. The summed E-state index contributed by atoms with van der Waals surface area (Å²) in [5.41, 5.74) is 0.141. The van der Waals surface area contributed by atoms with Crippen molar-refractivity contribution in [2.24, 2.45) is 0 Å². The number of nitro benzene ring substituents is 1. The zero-order valence-electron chi connectivity index (χ0n) is 14.1. The summed E-state index contributed by atoms with van der Waals surface area (Å²) in [7, 11) is 0. The van der Waals surface area contributed by atoms with E-state index in [1.807, 2.05) is 4.90 Å². The monoisotopic (exact) mass is 347 g/mol. The van der Waals surface area contributed by atoms with Crippen molar-refractivity contribution in [2.45, 2.75) is 38.6 Å². The smallest absolute Gasteiger partial charge is 0.271 e. The van der Waals surface area contributed by atoms with Gasteiger partial charge in [-0.2, -0.15) is 0 Å². The van der Waals surface area contributed by atoms with E-state index in [4.69, 9.17) is 4.74 Å². The molecule has 134 valence electrons. The van der Waals surface area contributed by atoms with Crippen LogP contribution in [-0.2, 0) is 9.59 Å². The van der Waals surface area contributed by atoms with E-state index in [-0.39, 0.29) is 42.4 Å². The van der Waals surface area contributed by atoms with Crippen molar-refractivity contribution in [3.8, 4) is 5.75 Å². The molecular formula is C17H21N3O5. The second kappa shape index (κ2) is 7.08. The number of amides is 2. The van der Waals surface area contributed by atoms with Gasteiger partial charge < -0.3 is 9.64 Å². The van der Waals surface area contributed by atoms with Crippen molar-refractivity contribution in [2.75, 3.05) is 24.6 Å². The van der Waals surface area contributed by atoms with Gasteiger partial charge in [0.2, 0.25) is 5.91 Å². The normalized spacial score (nSPS) is 20.0. The molecule has 0 saturated carbocycles. The molecule has 0 radical (unpaired) electrons. The van der Waals surface area contributed by atoms with Crippen LogP contribution < -0.4 is 9.64 Å². The maximum atomic E-state index is 12.8. The van der Waals surface area contributed by atoms with Gasteiger partial charge in [0.1, 0.15) is 12.3 Å². The van der Waals surface area contributed by atoms with E-state index < -0.39 is 4.92 Å². The molecule has 0 N–H and O–H groups in total. The van der Waals surface area contributed by atoms with Crippen LogP contribution in [0.25, 0.3) is 0 Å². The summed E-state index contributed by atoms with van der Waals surface area (Å²) in [5, 5.41) is 11.0. The van der Waals surface area contributed by atoms with E-state index >= 15 is 0 Å². The van der Waals surface area contributed by atoms with Gasteiger partial charge in [0, 0.05) is 24.7 Å². The Morgan fingerprint density at radius 1 is 1.40 bits per heavy atom. The third-order valence-corrected chi connectivity index (χ3v) is 4.81. The Morgan fingerprint density at radius 3 is 2.92 bits per heavy atom. The van der Waals surface area contributed by atoms with Crippen LogP contribution in [0.2, 0.25) is 0 Å². The molecule has 0 spiro atoms. The Kier molecular flexibility index (Phi) is 4.87. The second-order valence-electron chi connectivity index (χ2n) is 6.32. The minimum atomic E-state index is -0.531. The van der Waals surface area contributed by atoms with E-state index in [9.17, 15) is 19.7 Å². The van der Waals surface area contributed by atoms with Crippen LogP contribution in [0.15, 0.2) is 18.2 Å². The zero-order valence-corrected chi connectivity index (χ0v) is 14.1. The van der Waals surface area contributed by atoms with E-state index in [0.717, 1.165) is 25.7 Å². The molecule has 1 unspecified atom stereocenters. The molecule has 2 aliphatic rings. The summed E-state index contributed by atoms with van der Waals surface area (Å²) >= 11 is 0. The average molecular weight is 347 g/mol. The van der Waals surface area contributed by atoms with Gasteiger partial charge in [0.25, 0.3) is 11.6 Å². The number of rotatable bonds is 4. The van der Waals surface area contributed by atoms with Crippen molar-refractivity contribution in [1.82, 2.24) is 4.90 Å². The van der Waals surface area contributed by atoms with E-state index in [2.05, 4.69) is 6.92 Å². The summed E-state index contributed by atoms with van der Waals surface area (Å²) < 4.78 is 5.33. The number of piperidine rings is 1. The van der Waals surface area contributed by atoms with Crippen molar-refractivity contribution in [3.63, 3.8) is 0 Å². The number of benzene rings is 1. The highest BCUT2D eigenvalue weighted by Gasteiger charge is 2.32. The molecule has 8 nitrogen and oxygen atoms in total. The Hall–Kier alpha value is -2.64. The highest BCUT2D eigenvalue weighted by Crippen LogP contribution is 2.35. The van der Waals surface area contributed by atoms with Crippen LogP contribution in [0.1, 0.15) is 32.6 Å². The number of anilines is 1. The number of non-ortho nitro benzene ring substituents is 1. The molecule has 25 heavy (non-hydrogen) atoms. The molecule has 1 atom stereocenters. The number of nitro groups is 1. The summed E-state index contributed by atoms with van der Waals surface area (Å²) in [4.78, 5) is 38.7. The lowest BCUT2D eigenvalue weighted by Gasteiger charge is -2.37. The van der Waals surface area contributed by atoms with Crippen LogP contribution in [0.5, 0.6) is 5.75 Å². The van der Waals surface area contributed by atoms with Crippen LogP contribution in [0.3, 0.4) is 0 Å². The molecule has 2 amide bonds. The zero-order chi connectivity index (χ0) is 18.0. The van der Waals surface area contributed by atoms with Gasteiger partial charge in [-0.1, -0.05) is 6.92 Å². The minimum absolute atomic E-state index is 0.118. The van der Waals surface area contributed by atoms with Crippen molar-refractivity contribution in [3.05, 3.63) is 28.3 Å². The molecule has 8 heteroatoms. The second-order valence-corrected chi connectivity index (χ2v) is 6.32. The molecule has 2 heterocycles. The van der Waals surface area contributed by atoms with Gasteiger partial charge in [-0.05, 0) is 31.7 Å². The number of likely N-dealkylation sites (tertiary alicyclic amines) is 1. The van der Waals surface area contributed by atoms with Gasteiger partial charge in [-0.25, -0.2) is 0 Å². The van der Waals surface area contributed by atoms with E-state index in [1.165, 1.54) is 23.1 Å². The van der Waals surface area contributed by atoms with E-state index in [1.54, 1.807) is 0 Å². The molecular weight excluding hydrogens is 326 g/mol. The quantitative estimate of drug-likeness (QED) is 0.614. The molecule has 3 rings (SSSR count). The van der Waals surface area contributed by atoms with Gasteiger partial charge in [0.15, 0.2) is 6.61 Å². The summed E-state index contributed by atoms with van der Waals surface area (Å²) in [6, 6.07) is 4.27. The standard InChI is InChI=1S/C17H21N3O5/c1-2-12-5-3-4-8-18(12)16(21)10-19-14-9-13(20(23)24)6-7-15(14)25-11-17(19)22/h6-7,9,12H,2-5,8,10-11H2,1H3. The number of carbonyl (C=O) groups is 2.